The number of methoxy groups -OCH3 is 1. The number of carboxylic acids is 1. The first-order chi connectivity index (χ1) is 16.1. The van der Waals surface area contributed by atoms with Gasteiger partial charge in [-0.25, -0.2) is 13.2 Å². The lowest BCUT2D eigenvalue weighted by Gasteiger charge is -2.36. The Hall–Kier alpha value is -3.31. The van der Waals surface area contributed by atoms with E-state index in [4.69, 9.17) is 4.74 Å². The van der Waals surface area contributed by atoms with Crippen molar-refractivity contribution in [1.82, 2.24) is 10.2 Å². The van der Waals surface area contributed by atoms with Crippen LogP contribution >= 0.6 is 0 Å². The van der Waals surface area contributed by atoms with Crippen LogP contribution in [0.4, 0.5) is 11.4 Å². The van der Waals surface area contributed by atoms with Gasteiger partial charge in [0.25, 0.3) is 10.0 Å². The topological polar surface area (TPSA) is 128 Å². The number of carbonyl (C=O) groups is 2. The molecular weight excluding hydrogens is 460 g/mol. The number of rotatable bonds is 9. The van der Waals surface area contributed by atoms with E-state index in [2.05, 4.69) is 10.0 Å². The fourth-order valence-corrected chi connectivity index (χ4v) is 4.77. The van der Waals surface area contributed by atoms with Crippen molar-refractivity contribution >= 4 is 33.3 Å². The molecule has 2 aromatic rings. The van der Waals surface area contributed by atoms with Gasteiger partial charge in [0.15, 0.2) is 0 Å². The summed E-state index contributed by atoms with van der Waals surface area (Å²) >= 11 is 0. The fraction of sp³-hybridized carbons (Fsp3) is 0.391. The van der Waals surface area contributed by atoms with E-state index < -0.39 is 16.0 Å². The normalized spacial score (nSPS) is 14.6. The third-order valence-corrected chi connectivity index (χ3v) is 6.77. The maximum Gasteiger partial charge on any atom is 0.335 e. The summed E-state index contributed by atoms with van der Waals surface area (Å²) in [6.45, 7) is 6.43. The first-order valence-corrected chi connectivity index (χ1v) is 12.4. The van der Waals surface area contributed by atoms with E-state index in [9.17, 15) is 23.1 Å². The van der Waals surface area contributed by atoms with Crippen molar-refractivity contribution in [3.8, 4) is 5.75 Å². The molecule has 1 fully saturated rings. The number of anilines is 2. The Morgan fingerprint density at radius 3 is 2.26 bits per heavy atom. The highest BCUT2D eigenvalue weighted by Crippen LogP contribution is 2.31. The standard InChI is InChI=1S/C23H30N4O6S/c1-16(2)24-22(28)15-26-10-12-27(13-11-26)21-9-4-17(23(29)30)14-20(21)25-34(31,32)19-7-5-18(33-3)6-8-19/h4-9,14,16,25H,10-13,15H2,1-3H3,(H,24,28)(H,29,30). The maximum absolute atomic E-state index is 13.0. The first kappa shape index (κ1) is 25.3. The monoisotopic (exact) mass is 490 g/mol. The SMILES string of the molecule is COc1ccc(S(=O)(=O)Nc2cc(C(=O)O)ccc2N2CCN(CC(=O)NC(C)C)CC2)cc1. The van der Waals surface area contributed by atoms with Crippen LogP contribution in [-0.4, -0.2) is 76.2 Å². The molecular formula is C23H30N4O6S. The summed E-state index contributed by atoms with van der Waals surface area (Å²) in [5.74, 6) is -0.674. The van der Waals surface area contributed by atoms with E-state index in [1.807, 2.05) is 23.6 Å². The van der Waals surface area contributed by atoms with Crippen molar-refractivity contribution in [2.45, 2.75) is 24.8 Å². The lowest BCUT2D eigenvalue weighted by atomic mass is 10.1. The van der Waals surface area contributed by atoms with E-state index in [0.29, 0.717) is 44.2 Å². The predicted octanol–water partition coefficient (Wildman–Crippen LogP) is 1.84. The van der Waals surface area contributed by atoms with Crippen molar-refractivity contribution in [2.24, 2.45) is 0 Å². The second-order valence-electron chi connectivity index (χ2n) is 8.30. The maximum atomic E-state index is 13.0. The molecule has 1 amide bonds. The molecule has 11 heteroatoms. The third-order valence-electron chi connectivity index (χ3n) is 5.39. The molecule has 34 heavy (non-hydrogen) atoms. The largest absolute Gasteiger partial charge is 0.497 e. The zero-order chi connectivity index (χ0) is 24.9. The molecule has 0 atom stereocenters. The molecule has 3 N–H and O–H groups in total. The molecule has 184 valence electrons. The molecule has 1 saturated heterocycles. The second kappa shape index (κ2) is 10.7. The van der Waals surface area contributed by atoms with Gasteiger partial charge in [0, 0.05) is 32.2 Å². The van der Waals surface area contributed by atoms with Gasteiger partial charge in [-0.1, -0.05) is 0 Å². The molecule has 0 bridgehead atoms. The summed E-state index contributed by atoms with van der Waals surface area (Å²) in [4.78, 5) is 27.6. The Balaban J connectivity index is 1.79. The van der Waals surface area contributed by atoms with Gasteiger partial charge in [-0.05, 0) is 56.3 Å². The van der Waals surface area contributed by atoms with E-state index >= 15 is 0 Å². The average Bonchev–Trinajstić information content (AvgIpc) is 2.79. The second-order valence-corrected chi connectivity index (χ2v) is 9.99. The Morgan fingerprint density at radius 2 is 1.71 bits per heavy atom. The summed E-state index contributed by atoms with van der Waals surface area (Å²) in [5.41, 5.74) is 0.732. The van der Waals surface area contributed by atoms with E-state index in [1.165, 1.54) is 43.5 Å². The van der Waals surface area contributed by atoms with Gasteiger partial charge in [-0.3, -0.25) is 14.4 Å². The van der Waals surface area contributed by atoms with Crippen LogP contribution < -0.4 is 19.7 Å². The molecule has 2 aromatic carbocycles. The number of amides is 1. The van der Waals surface area contributed by atoms with E-state index in [0.717, 1.165) is 0 Å². The van der Waals surface area contributed by atoms with Crippen LogP contribution in [0.1, 0.15) is 24.2 Å². The van der Waals surface area contributed by atoms with Crippen LogP contribution in [0.2, 0.25) is 0 Å². The van der Waals surface area contributed by atoms with Crippen LogP contribution in [-0.2, 0) is 14.8 Å². The van der Waals surface area contributed by atoms with Crippen LogP contribution in [0.3, 0.4) is 0 Å². The van der Waals surface area contributed by atoms with Crippen LogP contribution in [0.15, 0.2) is 47.4 Å². The minimum Gasteiger partial charge on any atom is -0.497 e. The summed E-state index contributed by atoms with van der Waals surface area (Å²) in [6.07, 6.45) is 0. The minimum atomic E-state index is -3.97. The molecule has 10 nitrogen and oxygen atoms in total. The van der Waals surface area contributed by atoms with Crippen LogP contribution in [0.25, 0.3) is 0 Å². The minimum absolute atomic E-state index is 0.0276. The number of aromatic carboxylic acids is 1. The quantitative estimate of drug-likeness (QED) is 0.486. The highest BCUT2D eigenvalue weighted by molar-refractivity contribution is 7.92. The third kappa shape index (κ3) is 6.39. The van der Waals surface area contributed by atoms with Gasteiger partial charge in [0.05, 0.1) is 35.5 Å². The zero-order valence-corrected chi connectivity index (χ0v) is 20.3. The van der Waals surface area contributed by atoms with Crippen molar-refractivity contribution < 1.29 is 27.9 Å². The fourth-order valence-electron chi connectivity index (χ4n) is 3.70. The number of piperazine rings is 1. The van der Waals surface area contributed by atoms with Crippen LogP contribution in [0.5, 0.6) is 5.75 Å². The molecule has 0 aliphatic carbocycles. The number of ether oxygens (including phenoxy) is 1. The molecule has 0 unspecified atom stereocenters. The van der Waals surface area contributed by atoms with E-state index in [-0.39, 0.29) is 28.1 Å². The van der Waals surface area contributed by atoms with Crippen molar-refractivity contribution in [3.05, 3.63) is 48.0 Å². The number of carbonyl (C=O) groups excluding carboxylic acids is 1. The predicted molar refractivity (Wildman–Crippen MR) is 129 cm³/mol. The van der Waals surface area contributed by atoms with Gasteiger partial charge >= 0.3 is 5.97 Å². The molecule has 3 rings (SSSR count). The van der Waals surface area contributed by atoms with Crippen LogP contribution in [0, 0.1) is 0 Å². The Morgan fingerprint density at radius 1 is 1.06 bits per heavy atom. The molecule has 0 radical (unpaired) electrons. The van der Waals surface area contributed by atoms with Gasteiger partial charge in [-0.15, -0.1) is 0 Å². The number of carboxylic acid groups (broad SMARTS) is 1. The zero-order valence-electron chi connectivity index (χ0n) is 19.4. The molecule has 0 aromatic heterocycles. The molecule has 1 heterocycles. The van der Waals surface area contributed by atoms with Gasteiger partial charge < -0.3 is 20.1 Å². The summed E-state index contributed by atoms with van der Waals surface area (Å²) in [7, 11) is -2.48. The average molecular weight is 491 g/mol. The first-order valence-electron chi connectivity index (χ1n) is 10.9. The number of hydrogen-bond donors (Lipinski definition) is 3. The lowest BCUT2D eigenvalue weighted by Crippen LogP contribution is -2.50. The number of benzene rings is 2. The molecule has 1 aliphatic heterocycles. The number of nitrogens with zero attached hydrogens (tertiary/aromatic N) is 2. The Labute approximate surface area is 199 Å². The Kier molecular flexibility index (Phi) is 8.00. The number of sulfonamides is 1. The van der Waals surface area contributed by atoms with Gasteiger partial charge in [0.1, 0.15) is 5.75 Å². The summed E-state index contributed by atoms with van der Waals surface area (Å²) in [6, 6.07) is 10.4. The summed E-state index contributed by atoms with van der Waals surface area (Å²) < 4.78 is 33.6. The highest BCUT2D eigenvalue weighted by atomic mass is 32.2. The molecule has 0 saturated carbocycles. The number of hydrogen-bond acceptors (Lipinski definition) is 7. The van der Waals surface area contributed by atoms with E-state index in [1.54, 1.807) is 6.07 Å². The summed E-state index contributed by atoms with van der Waals surface area (Å²) in [5, 5.41) is 12.3. The highest BCUT2D eigenvalue weighted by Gasteiger charge is 2.24. The van der Waals surface area contributed by atoms with Crippen molar-refractivity contribution in [2.75, 3.05) is 49.5 Å². The van der Waals surface area contributed by atoms with Gasteiger partial charge in [-0.2, -0.15) is 0 Å². The molecule has 0 spiro atoms. The lowest BCUT2D eigenvalue weighted by molar-refractivity contribution is -0.122. The van der Waals surface area contributed by atoms with Gasteiger partial charge in [0.2, 0.25) is 5.91 Å². The smallest absolute Gasteiger partial charge is 0.335 e. The number of nitrogens with one attached hydrogen (secondary N) is 2. The Bertz CT molecular complexity index is 1130. The molecule has 1 aliphatic rings. The van der Waals surface area contributed by atoms with Crippen molar-refractivity contribution in [1.29, 1.82) is 0 Å². The van der Waals surface area contributed by atoms with Crippen molar-refractivity contribution in [3.63, 3.8) is 0 Å².